The second-order valence-electron chi connectivity index (χ2n) is 10.2. The van der Waals surface area contributed by atoms with Crippen molar-refractivity contribution in [1.29, 1.82) is 0 Å². The number of carbonyl (C=O) groups is 2. The quantitative estimate of drug-likeness (QED) is 0.393. The Kier molecular flexibility index (Phi) is 8.09. The highest BCUT2D eigenvalue weighted by molar-refractivity contribution is 7.16. The highest BCUT2D eigenvalue weighted by Gasteiger charge is 2.29. The maximum Gasteiger partial charge on any atom is 0.257 e. The largest absolute Gasteiger partial charge is 0.484 e. The fraction of sp³-hybridized carbons (Fsp3) is 0.367. The first kappa shape index (κ1) is 27.0. The average Bonchev–Trinajstić information content (AvgIpc) is 3.52. The summed E-state index contributed by atoms with van der Waals surface area (Å²) in [5.74, 6) is 0.0148. The molecule has 1 aromatic heterocycles. The van der Waals surface area contributed by atoms with Gasteiger partial charge in [-0.05, 0) is 80.6 Å². The van der Waals surface area contributed by atoms with Crippen molar-refractivity contribution in [1.82, 2.24) is 14.8 Å². The van der Waals surface area contributed by atoms with Crippen LogP contribution in [0, 0.1) is 12.7 Å². The van der Waals surface area contributed by atoms with Crippen LogP contribution in [0.2, 0.25) is 0 Å². The molecular formula is C30H33FN4O3S. The highest BCUT2D eigenvalue weighted by Crippen LogP contribution is 2.31. The Morgan fingerprint density at radius 1 is 1.23 bits per heavy atom. The van der Waals surface area contributed by atoms with Gasteiger partial charge in [0.1, 0.15) is 17.7 Å². The minimum absolute atomic E-state index is 0.0245. The average molecular weight is 549 g/mol. The van der Waals surface area contributed by atoms with Gasteiger partial charge in [0.05, 0.1) is 5.69 Å². The molecule has 2 aliphatic rings. The van der Waals surface area contributed by atoms with Crippen molar-refractivity contribution in [3.05, 3.63) is 88.2 Å². The van der Waals surface area contributed by atoms with E-state index in [0.717, 1.165) is 30.5 Å². The van der Waals surface area contributed by atoms with E-state index < -0.39 is 6.10 Å². The summed E-state index contributed by atoms with van der Waals surface area (Å²) in [7, 11) is 0. The van der Waals surface area contributed by atoms with Gasteiger partial charge >= 0.3 is 0 Å². The third-order valence-electron chi connectivity index (χ3n) is 7.37. The zero-order chi connectivity index (χ0) is 27.5. The van der Waals surface area contributed by atoms with Crippen LogP contribution in [0.15, 0.2) is 55.1 Å². The van der Waals surface area contributed by atoms with E-state index in [4.69, 9.17) is 4.74 Å². The van der Waals surface area contributed by atoms with Crippen LogP contribution >= 0.6 is 11.3 Å². The zero-order valence-corrected chi connectivity index (χ0v) is 23.1. The maximum atomic E-state index is 14.5. The molecule has 5 rings (SSSR count). The van der Waals surface area contributed by atoms with Crippen LogP contribution in [0.1, 0.15) is 51.5 Å². The van der Waals surface area contributed by atoms with Gasteiger partial charge in [0, 0.05) is 42.7 Å². The van der Waals surface area contributed by atoms with Gasteiger partial charge in [-0.3, -0.25) is 19.8 Å². The second-order valence-corrected chi connectivity index (χ2v) is 11.3. The number of aromatic nitrogens is 1. The number of carbonyl (C=O) groups excluding carboxylic acids is 2. The Hall–Kier alpha value is -3.56. The van der Waals surface area contributed by atoms with Gasteiger partial charge < -0.3 is 9.64 Å². The lowest BCUT2D eigenvalue weighted by Gasteiger charge is -2.40. The predicted molar refractivity (Wildman–Crippen MR) is 151 cm³/mol. The molecule has 1 saturated heterocycles. The lowest BCUT2D eigenvalue weighted by atomic mass is 10.0. The Bertz CT molecular complexity index is 1350. The molecular weight excluding hydrogens is 515 g/mol. The third-order valence-corrected chi connectivity index (χ3v) is 8.44. The molecule has 2 aromatic carbocycles. The molecule has 2 heterocycles. The van der Waals surface area contributed by atoms with E-state index in [0.29, 0.717) is 48.2 Å². The number of piperazine rings is 1. The SMILES string of the molecule is C=CC(=O)N1CCN(C[C@@H](Oc2ccc(C(=O)Nc3nc4c(s3)CCC4)cc2)c2ccc(C)c(F)c2)C[C@H]1C. The summed E-state index contributed by atoms with van der Waals surface area (Å²) >= 11 is 1.55. The van der Waals surface area contributed by atoms with Crippen molar-refractivity contribution in [2.45, 2.75) is 45.3 Å². The van der Waals surface area contributed by atoms with E-state index in [2.05, 4.69) is 21.8 Å². The van der Waals surface area contributed by atoms with Gasteiger partial charge in [0.25, 0.3) is 5.91 Å². The van der Waals surface area contributed by atoms with Crippen LogP contribution in [-0.2, 0) is 17.6 Å². The Morgan fingerprint density at radius 2 is 2.03 bits per heavy atom. The predicted octanol–water partition coefficient (Wildman–Crippen LogP) is 5.17. The highest BCUT2D eigenvalue weighted by atomic mass is 32.1. The zero-order valence-electron chi connectivity index (χ0n) is 22.3. The van der Waals surface area contributed by atoms with Crippen molar-refractivity contribution in [2.75, 3.05) is 31.5 Å². The second kappa shape index (κ2) is 11.7. The summed E-state index contributed by atoms with van der Waals surface area (Å²) in [5, 5.41) is 3.54. The number of amides is 2. The number of anilines is 1. The first-order valence-electron chi connectivity index (χ1n) is 13.3. The topological polar surface area (TPSA) is 74.8 Å². The third kappa shape index (κ3) is 6.20. The number of ether oxygens (including phenoxy) is 1. The molecule has 2 amide bonds. The number of benzene rings is 2. The number of nitrogens with zero attached hydrogens (tertiary/aromatic N) is 3. The Labute approximate surface area is 232 Å². The van der Waals surface area contributed by atoms with Crippen LogP contribution < -0.4 is 10.1 Å². The summed E-state index contributed by atoms with van der Waals surface area (Å²) in [5.41, 5.74) is 2.91. The summed E-state index contributed by atoms with van der Waals surface area (Å²) in [6, 6.07) is 12.2. The van der Waals surface area contributed by atoms with Gasteiger partial charge in [0.15, 0.2) is 5.13 Å². The molecule has 0 bridgehead atoms. The van der Waals surface area contributed by atoms with Crippen LogP contribution in [0.3, 0.4) is 0 Å². The Balaban J connectivity index is 1.28. The molecule has 0 unspecified atom stereocenters. The van der Waals surface area contributed by atoms with Crippen LogP contribution in [-0.4, -0.2) is 58.8 Å². The molecule has 3 aromatic rings. The van der Waals surface area contributed by atoms with E-state index in [-0.39, 0.29) is 23.7 Å². The lowest BCUT2D eigenvalue weighted by Crippen LogP contribution is -2.54. The number of thiazole rings is 1. The molecule has 0 spiro atoms. The van der Waals surface area contributed by atoms with Crippen molar-refractivity contribution < 1.29 is 18.7 Å². The van der Waals surface area contributed by atoms with Crippen molar-refractivity contribution >= 4 is 28.3 Å². The minimum Gasteiger partial charge on any atom is -0.484 e. The van der Waals surface area contributed by atoms with E-state index in [1.807, 2.05) is 17.9 Å². The first-order chi connectivity index (χ1) is 18.8. The van der Waals surface area contributed by atoms with E-state index in [1.165, 1.54) is 17.0 Å². The van der Waals surface area contributed by atoms with Crippen LogP contribution in [0.25, 0.3) is 0 Å². The van der Waals surface area contributed by atoms with Gasteiger partial charge in [-0.25, -0.2) is 9.37 Å². The molecule has 1 aliphatic carbocycles. The molecule has 7 nitrogen and oxygen atoms in total. The molecule has 0 saturated carbocycles. The monoisotopic (exact) mass is 548 g/mol. The smallest absolute Gasteiger partial charge is 0.257 e. The number of hydrogen-bond acceptors (Lipinski definition) is 6. The van der Waals surface area contributed by atoms with Gasteiger partial charge in [-0.2, -0.15) is 0 Å². The number of rotatable bonds is 8. The fourth-order valence-electron chi connectivity index (χ4n) is 5.16. The fourth-order valence-corrected chi connectivity index (χ4v) is 6.21. The number of halogens is 1. The molecule has 0 radical (unpaired) electrons. The molecule has 204 valence electrons. The van der Waals surface area contributed by atoms with E-state index in [9.17, 15) is 14.0 Å². The van der Waals surface area contributed by atoms with Crippen molar-refractivity contribution in [3.63, 3.8) is 0 Å². The summed E-state index contributed by atoms with van der Waals surface area (Å²) in [6.45, 7) is 9.81. The van der Waals surface area contributed by atoms with E-state index >= 15 is 0 Å². The standard InChI is InChI=1S/C30H33FN4O3S/c1-4-28(36)35-15-14-34(17-20(35)3)18-26(22-9-8-19(2)24(31)16-22)38-23-12-10-21(11-13-23)29(37)33-30-32-25-6-5-7-27(25)39-30/h4,8-13,16,20,26H,1,5-7,14-15,17-18H2,2-3H3,(H,32,33,37)/t20-,26-/m1/s1. The molecule has 1 N–H and O–H groups in total. The van der Waals surface area contributed by atoms with Gasteiger partial charge in [-0.1, -0.05) is 18.7 Å². The summed E-state index contributed by atoms with van der Waals surface area (Å²) in [4.78, 5) is 34.8. The number of nitrogens with one attached hydrogen (secondary N) is 1. The van der Waals surface area contributed by atoms with Gasteiger partial charge in [-0.15, -0.1) is 11.3 Å². The van der Waals surface area contributed by atoms with Gasteiger partial charge in [0.2, 0.25) is 5.91 Å². The number of aryl methyl sites for hydroxylation is 3. The van der Waals surface area contributed by atoms with Crippen molar-refractivity contribution in [2.24, 2.45) is 0 Å². The molecule has 9 heteroatoms. The Morgan fingerprint density at radius 3 is 2.72 bits per heavy atom. The first-order valence-corrected chi connectivity index (χ1v) is 14.1. The van der Waals surface area contributed by atoms with Crippen molar-refractivity contribution in [3.8, 4) is 5.75 Å². The maximum absolute atomic E-state index is 14.5. The van der Waals surface area contributed by atoms with Crippen LogP contribution in [0.4, 0.5) is 9.52 Å². The number of fused-ring (bicyclic) bond motifs is 1. The molecule has 39 heavy (non-hydrogen) atoms. The molecule has 2 atom stereocenters. The summed E-state index contributed by atoms with van der Waals surface area (Å²) < 4.78 is 20.9. The van der Waals surface area contributed by atoms with Crippen LogP contribution in [0.5, 0.6) is 5.75 Å². The molecule has 1 fully saturated rings. The minimum atomic E-state index is -0.439. The lowest BCUT2D eigenvalue weighted by molar-refractivity contribution is -0.130. The van der Waals surface area contributed by atoms with E-state index in [1.54, 1.807) is 48.6 Å². The number of hydrogen-bond donors (Lipinski definition) is 1. The molecule has 1 aliphatic heterocycles. The normalized spacial score (nSPS) is 17.9. The summed E-state index contributed by atoms with van der Waals surface area (Å²) in [6.07, 6.45) is 4.04.